The number of rotatable bonds is 1. The molecule has 0 amide bonds. The molecule has 2 aliphatic rings. The molecule has 2 fully saturated rings. The summed E-state index contributed by atoms with van der Waals surface area (Å²) in [5.74, 6) is 2.00. The van der Waals surface area contributed by atoms with Gasteiger partial charge >= 0.3 is 0 Å². The van der Waals surface area contributed by atoms with Crippen LogP contribution in [0.2, 0.25) is 0 Å². The second kappa shape index (κ2) is 3.02. The van der Waals surface area contributed by atoms with E-state index in [0.29, 0.717) is 5.41 Å². The van der Waals surface area contributed by atoms with Crippen LogP contribution in [0.25, 0.3) is 0 Å². The zero-order valence-corrected chi connectivity index (χ0v) is 8.40. The summed E-state index contributed by atoms with van der Waals surface area (Å²) in [6.45, 7) is 7.36. The van der Waals surface area contributed by atoms with E-state index < -0.39 is 0 Å². The SMILES string of the molecule is CC1(C)CNC[C@@H]1C1CCCC1. The van der Waals surface area contributed by atoms with E-state index in [1.807, 2.05) is 0 Å². The van der Waals surface area contributed by atoms with Crippen LogP contribution >= 0.6 is 0 Å². The molecule has 1 saturated carbocycles. The van der Waals surface area contributed by atoms with Crippen molar-refractivity contribution in [2.24, 2.45) is 17.3 Å². The van der Waals surface area contributed by atoms with Gasteiger partial charge in [-0.25, -0.2) is 0 Å². The van der Waals surface area contributed by atoms with Crippen molar-refractivity contribution in [3.8, 4) is 0 Å². The van der Waals surface area contributed by atoms with E-state index in [-0.39, 0.29) is 0 Å². The summed E-state index contributed by atoms with van der Waals surface area (Å²) in [6, 6.07) is 0. The first-order valence-electron chi connectivity index (χ1n) is 5.41. The Hall–Kier alpha value is -0.0400. The Morgan fingerprint density at radius 2 is 1.83 bits per heavy atom. The van der Waals surface area contributed by atoms with Gasteiger partial charge in [0.15, 0.2) is 0 Å². The molecule has 1 heteroatoms. The number of nitrogens with one attached hydrogen (secondary N) is 1. The Balaban J connectivity index is 2.02. The van der Waals surface area contributed by atoms with Gasteiger partial charge in [0.1, 0.15) is 0 Å². The molecule has 1 aliphatic carbocycles. The van der Waals surface area contributed by atoms with Crippen LogP contribution in [0.5, 0.6) is 0 Å². The van der Waals surface area contributed by atoms with Crippen molar-refractivity contribution in [2.75, 3.05) is 13.1 Å². The van der Waals surface area contributed by atoms with Gasteiger partial charge in [0.2, 0.25) is 0 Å². The normalized spacial score (nSPS) is 36.0. The van der Waals surface area contributed by atoms with Crippen LogP contribution in [0.15, 0.2) is 0 Å². The van der Waals surface area contributed by atoms with Crippen molar-refractivity contribution in [1.82, 2.24) is 5.32 Å². The third-order valence-electron chi connectivity index (χ3n) is 3.92. The molecule has 1 heterocycles. The summed E-state index contributed by atoms with van der Waals surface area (Å²) in [6.07, 6.45) is 5.96. The summed E-state index contributed by atoms with van der Waals surface area (Å²) in [5, 5.41) is 3.54. The van der Waals surface area contributed by atoms with E-state index in [0.717, 1.165) is 11.8 Å². The van der Waals surface area contributed by atoms with Crippen LogP contribution in [0, 0.1) is 17.3 Å². The maximum atomic E-state index is 3.54. The molecule has 1 saturated heterocycles. The summed E-state index contributed by atoms with van der Waals surface area (Å²) >= 11 is 0. The molecule has 0 radical (unpaired) electrons. The lowest BCUT2D eigenvalue weighted by molar-refractivity contribution is 0.202. The number of hydrogen-bond donors (Lipinski definition) is 1. The summed E-state index contributed by atoms with van der Waals surface area (Å²) in [5.41, 5.74) is 0.564. The van der Waals surface area contributed by atoms with Gasteiger partial charge in [-0.15, -0.1) is 0 Å². The van der Waals surface area contributed by atoms with Gasteiger partial charge in [0.25, 0.3) is 0 Å². The van der Waals surface area contributed by atoms with Gasteiger partial charge in [0, 0.05) is 6.54 Å². The Morgan fingerprint density at radius 1 is 1.17 bits per heavy atom. The standard InChI is InChI=1S/C11H21N/c1-11(2)8-12-7-10(11)9-5-3-4-6-9/h9-10,12H,3-8H2,1-2H3/t10-/m1/s1. The third-order valence-corrected chi connectivity index (χ3v) is 3.92. The molecule has 1 aliphatic heterocycles. The van der Waals surface area contributed by atoms with Crippen molar-refractivity contribution in [2.45, 2.75) is 39.5 Å². The van der Waals surface area contributed by atoms with Gasteiger partial charge in [-0.1, -0.05) is 39.5 Å². The fourth-order valence-corrected chi connectivity index (χ4v) is 3.12. The topological polar surface area (TPSA) is 12.0 Å². The van der Waals surface area contributed by atoms with Gasteiger partial charge in [-0.2, -0.15) is 0 Å². The first-order chi connectivity index (χ1) is 5.70. The predicted molar refractivity (Wildman–Crippen MR) is 52.1 cm³/mol. The number of hydrogen-bond acceptors (Lipinski definition) is 1. The molecule has 1 N–H and O–H groups in total. The second-order valence-electron chi connectivity index (χ2n) is 5.27. The minimum absolute atomic E-state index is 0.564. The van der Waals surface area contributed by atoms with E-state index >= 15 is 0 Å². The molecule has 1 atom stereocenters. The Morgan fingerprint density at radius 3 is 2.33 bits per heavy atom. The van der Waals surface area contributed by atoms with Gasteiger partial charge < -0.3 is 5.32 Å². The van der Waals surface area contributed by atoms with Crippen molar-refractivity contribution in [1.29, 1.82) is 0 Å². The lowest BCUT2D eigenvalue weighted by atomic mass is 9.74. The highest BCUT2D eigenvalue weighted by Crippen LogP contribution is 2.42. The molecule has 12 heavy (non-hydrogen) atoms. The van der Waals surface area contributed by atoms with E-state index in [9.17, 15) is 0 Å². The molecule has 0 aromatic carbocycles. The summed E-state index contributed by atoms with van der Waals surface area (Å²) < 4.78 is 0. The first kappa shape index (κ1) is 8.55. The van der Waals surface area contributed by atoms with Crippen molar-refractivity contribution >= 4 is 0 Å². The quantitative estimate of drug-likeness (QED) is 0.632. The highest BCUT2D eigenvalue weighted by atomic mass is 14.9. The highest BCUT2D eigenvalue weighted by molar-refractivity contribution is 4.93. The van der Waals surface area contributed by atoms with Crippen LogP contribution in [0.4, 0.5) is 0 Å². The molecule has 0 spiro atoms. The predicted octanol–water partition coefficient (Wildman–Crippen LogP) is 2.42. The first-order valence-corrected chi connectivity index (χ1v) is 5.41. The smallest absolute Gasteiger partial charge is 0.000587 e. The average molecular weight is 167 g/mol. The maximum absolute atomic E-state index is 3.54. The molecule has 0 unspecified atom stereocenters. The summed E-state index contributed by atoms with van der Waals surface area (Å²) in [4.78, 5) is 0. The van der Waals surface area contributed by atoms with Crippen LogP contribution in [0.1, 0.15) is 39.5 Å². The monoisotopic (exact) mass is 167 g/mol. The fraction of sp³-hybridized carbons (Fsp3) is 1.00. The Kier molecular flexibility index (Phi) is 2.16. The Bertz CT molecular complexity index is 156. The molecule has 2 rings (SSSR count). The van der Waals surface area contributed by atoms with Crippen LogP contribution < -0.4 is 5.32 Å². The largest absolute Gasteiger partial charge is 0.316 e. The molecule has 70 valence electrons. The maximum Gasteiger partial charge on any atom is 0.000587 e. The van der Waals surface area contributed by atoms with Crippen LogP contribution in [-0.2, 0) is 0 Å². The second-order valence-corrected chi connectivity index (χ2v) is 5.27. The minimum Gasteiger partial charge on any atom is -0.316 e. The van der Waals surface area contributed by atoms with E-state index in [1.54, 1.807) is 0 Å². The van der Waals surface area contributed by atoms with E-state index in [1.165, 1.54) is 38.8 Å². The van der Waals surface area contributed by atoms with E-state index in [4.69, 9.17) is 0 Å². The van der Waals surface area contributed by atoms with Crippen molar-refractivity contribution in [3.05, 3.63) is 0 Å². The third kappa shape index (κ3) is 1.39. The lowest BCUT2D eigenvalue weighted by Crippen LogP contribution is -2.27. The van der Waals surface area contributed by atoms with E-state index in [2.05, 4.69) is 19.2 Å². The molecule has 0 aromatic rings. The van der Waals surface area contributed by atoms with Gasteiger partial charge in [-0.3, -0.25) is 0 Å². The van der Waals surface area contributed by atoms with Crippen molar-refractivity contribution in [3.63, 3.8) is 0 Å². The lowest BCUT2D eigenvalue weighted by Gasteiger charge is -2.30. The minimum atomic E-state index is 0.564. The van der Waals surface area contributed by atoms with Crippen LogP contribution in [-0.4, -0.2) is 13.1 Å². The summed E-state index contributed by atoms with van der Waals surface area (Å²) in [7, 11) is 0. The highest BCUT2D eigenvalue weighted by Gasteiger charge is 2.39. The van der Waals surface area contributed by atoms with Crippen LogP contribution in [0.3, 0.4) is 0 Å². The average Bonchev–Trinajstić information content (AvgIpc) is 2.55. The molecular formula is C11H21N. The van der Waals surface area contributed by atoms with Gasteiger partial charge in [-0.05, 0) is 23.8 Å². The molecule has 0 bridgehead atoms. The molecule has 0 aromatic heterocycles. The zero-order valence-electron chi connectivity index (χ0n) is 8.40. The van der Waals surface area contributed by atoms with Crippen molar-refractivity contribution < 1.29 is 0 Å². The Labute approximate surface area is 75.9 Å². The zero-order chi connectivity index (χ0) is 8.60. The molecular weight excluding hydrogens is 146 g/mol. The fourth-order valence-electron chi connectivity index (χ4n) is 3.12. The molecule has 1 nitrogen and oxygen atoms in total. The van der Waals surface area contributed by atoms with Gasteiger partial charge in [0.05, 0.1) is 0 Å².